The number of ether oxygens (including phenoxy) is 1. The second-order valence-corrected chi connectivity index (χ2v) is 18.6. The first-order valence-electron chi connectivity index (χ1n) is 21.5. The summed E-state index contributed by atoms with van der Waals surface area (Å²) in [5.74, 6) is 5.09. The van der Waals surface area contributed by atoms with E-state index in [2.05, 4.69) is 130 Å². The maximum atomic E-state index is 10.2. The zero-order valence-electron chi connectivity index (χ0n) is 34.6. The molecule has 6 aromatic rings. The molecule has 4 aromatic carbocycles. The second-order valence-electron chi connectivity index (χ2n) is 17.4. The van der Waals surface area contributed by atoms with Crippen LogP contribution in [0.2, 0.25) is 0 Å². The van der Waals surface area contributed by atoms with Gasteiger partial charge in [0.1, 0.15) is 28.4 Å². The number of thiophene rings is 1. The Balaban J connectivity index is 0.711. The maximum Gasteiger partial charge on any atom is 0.162 e. The lowest BCUT2D eigenvalue weighted by Crippen LogP contribution is -2.51. The molecule has 3 atom stereocenters. The number of phenolic OH excluding ortho intramolecular Hbond substituents is 1. The second kappa shape index (κ2) is 15.7. The van der Waals surface area contributed by atoms with Gasteiger partial charge in [-0.1, -0.05) is 48.5 Å². The first kappa shape index (κ1) is 38.0. The summed E-state index contributed by atoms with van der Waals surface area (Å²) in [6, 6.07) is 34.8. The van der Waals surface area contributed by atoms with Gasteiger partial charge in [0.25, 0.3) is 0 Å². The Morgan fingerprint density at radius 1 is 0.814 bits per heavy atom. The van der Waals surface area contributed by atoms with Crippen LogP contribution in [0.3, 0.4) is 0 Å². The Morgan fingerprint density at radius 3 is 2.34 bits per heavy atom. The van der Waals surface area contributed by atoms with E-state index >= 15 is 0 Å². The van der Waals surface area contributed by atoms with Gasteiger partial charge in [0.2, 0.25) is 0 Å². The fourth-order valence-electron chi connectivity index (χ4n) is 10.2. The summed E-state index contributed by atoms with van der Waals surface area (Å²) in [7, 11) is 0. The summed E-state index contributed by atoms with van der Waals surface area (Å²) < 4.78 is 8.53. The van der Waals surface area contributed by atoms with Crippen LogP contribution in [-0.4, -0.2) is 69.8 Å². The van der Waals surface area contributed by atoms with Crippen LogP contribution in [0, 0.1) is 32.6 Å². The van der Waals surface area contributed by atoms with Crippen LogP contribution in [-0.2, 0) is 6.42 Å². The van der Waals surface area contributed by atoms with E-state index < -0.39 is 0 Å². The maximum absolute atomic E-state index is 10.2. The van der Waals surface area contributed by atoms with E-state index in [-0.39, 0.29) is 12.0 Å². The van der Waals surface area contributed by atoms with Crippen molar-refractivity contribution in [3.63, 3.8) is 0 Å². The minimum atomic E-state index is -0.0914. The number of fused-ring (bicyclic) bond motifs is 4. The number of nitrogens with zero attached hydrogens (tertiary/aromatic N) is 6. The Kier molecular flexibility index (Phi) is 10.1. The number of aromatic nitrogens is 3. The van der Waals surface area contributed by atoms with Gasteiger partial charge >= 0.3 is 0 Å². The Bertz CT molecular complexity index is 2480. The molecule has 4 aliphatic rings. The van der Waals surface area contributed by atoms with Crippen molar-refractivity contribution in [3.8, 4) is 16.5 Å². The van der Waals surface area contributed by atoms with Gasteiger partial charge in [-0.15, -0.1) is 21.5 Å². The van der Waals surface area contributed by atoms with Crippen molar-refractivity contribution in [2.45, 2.75) is 71.3 Å². The van der Waals surface area contributed by atoms with E-state index in [4.69, 9.17) is 9.73 Å². The van der Waals surface area contributed by atoms with Gasteiger partial charge in [-0.05, 0) is 142 Å². The molecule has 0 spiro atoms. The van der Waals surface area contributed by atoms with Crippen molar-refractivity contribution in [1.82, 2.24) is 19.7 Å². The van der Waals surface area contributed by atoms with Crippen LogP contribution in [0.5, 0.6) is 11.5 Å². The number of hydrogen-bond acceptors (Lipinski definition) is 8. The molecule has 0 radical (unpaired) electrons. The highest BCUT2D eigenvalue weighted by Gasteiger charge is 2.34. The monoisotopic (exact) mass is 802 g/mol. The van der Waals surface area contributed by atoms with Crippen molar-refractivity contribution in [2.75, 3.05) is 44.2 Å². The number of rotatable bonds is 9. The molecule has 10 rings (SSSR count). The van der Waals surface area contributed by atoms with Crippen LogP contribution in [0.25, 0.3) is 5.00 Å². The zero-order chi connectivity index (χ0) is 40.2. The Hall–Kier alpha value is -5.25. The van der Waals surface area contributed by atoms with E-state index in [1.807, 2.05) is 19.1 Å². The molecule has 0 saturated carbocycles. The van der Waals surface area contributed by atoms with Crippen molar-refractivity contribution < 1.29 is 9.84 Å². The molecule has 5 heterocycles. The molecule has 59 heavy (non-hydrogen) atoms. The van der Waals surface area contributed by atoms with Gasteiger partial charge in [0.05, 0.1) is 12.3 Å². The lowest BCUT2D eigenvalue weighted by molar-refractivity contribution is 0.0454. The number of benzene rings is 4. The molecular formula is C50H54N6O2S. The molecule has 302 valence electrons. The van der Waals surface area contributed by atoms with E-state index in [0.29, 0.717) is 17.6 Å². The summed E-state index contributed by atoms with van der Waals surface area (Å²) in [6.07, 6.45) is 4.54. The fourth-order valence-corrected chi connectivity index (χ4v) is 11.5. The van der Waals surface area contributed by atoms with Gasteiger partial charge in [-0.3, -0.25) is 9.56 Å². The van der Waals surface area contributed by atoms with Crippen LogP contribution in [0.4, 0.5) is 5.69 Å². The number of aryl methyl sites for hydroxylation is 3. The average molecular weight is 803 g/mol. The molecule has 2 saturated heterocycles. The van der Waals surface area contributed by atoms with Crippen LogP contribution in [0.1, 0.15) is 99.5 Å². The molecule has 0 amide bonds. The van der Waals surface area contributed by atoms with Crippen molar-refractivity contribution in [2.24, 2.45) is 16.8 Å². The SMILES string of the molecule is Cc1sc2c(c1C)C(c1ccc(OCC3CN(CC4CCN(c5ccc([C@@H]6c7ccc(O)cc7CC[C@@H]6c6ccccc6)cc5)CC4)C3)cc1)=N[C@@H](C)c1nnc(C)n1-2. The number of anilines is 1. The van der Waals surface area contributed by atoms with Gasteiger partial charge in [-0.25, -0.2) is 0 Å². The summed E-state index contributed by atoms with van der Waals surface area (Å²) in [6.45, 7) is 14.9. The quantitative estimate of drug-likeness (QED) is 0.157. The third-order valence-electron chi connectivity index (χ3n) is 13.6. The number of aromatic hydroxyl groups is 1. The molecule has 2 fully saturated rings. The molecule has 2 aromatic heterocycles. The van der Waals surface area contributed by atoms with E-state index in [9.17, 15) is 5.11 Å². The highest BCUT2D eigenvalue weighted by atomic mass is 32.1. The predicted molar refractivity (Wildman–Crippen MR) is 238 cm³/mol. The molecular weight excluding hydrogens is 749 g/mol. The summed E-state index contributed by atoms with van der Waals surface area (Å²) >= 11 is 1.79. The highest BCUT2D eigenvalue weighted by Crippen LogP contribution is 2.47. The van der Waals surface area contributed by atoms with Gasteiger partial charge < -0.3 is 19.6 Å². The molecule has 0 bridgehead atoms. The standard InChI is InChI=1S/C50H54N6O2S/c1-31-33(3)59-50-46(31)48(51-32(2)49-53-52-34(4)56(49)50)39-12-18-43(19-13-39)58-30-36-28-54(29-36)27-35-22-24-55(25-23-35)41-15-10-38(11-16-41)47-44(37-8-6-5-7-9-37)20-14-40-26-42(57)17-21-45(40)47/h5-13,15-19,21,26,32,35-36,44,47,57H,14,20,22-25,27-30H2,1-4H3/t32-,44+,47-/m0/s1. The first-order chi connectivity index (χ1) is 28.8. The number of aliphatic imine (C=N–C) groups is 1. The largest absolute Gasteiger partial charge is 0.508 e. The lowest BCUT2D eigenvalue weighted by atomic mass is 9.69. The fraction of sp³-hybridized carbons (Fsp3) is 0.380. The third-order valence-corrected chi connectivity index (χ3v) is 14.8. The Morgan fingerprint density at radius 2 is 1.58 bits per heavy atom. The van der Waals surface area contributed by atoms with Crippen molar-refractivity contribution in [3.05, 3.63) is 153 Å². The molecule has 1 N–H and O–H groups in total. The smallest absolute Gasteiger partial charge is 0.162 e. The Labute approximate surface area is 352 Å². The molecule has 0 unspecified atom stereocenters. The first-order valence-corrected chi connectivity index (χ1v) is 22.4. The van der Waals surface area contributed by atoms with Crippen molar-refractivity contribution >= 4 is 22.7 Å². The normalized spacial score (nSPS) is 20.9. The van der Waals surface area contributed by atoms with Crippen LogP contribution < -0.4 is 9.64 Å². The van der Waals surface area contributed by atoms with Gasteiger partial charge in [-0.2, -0.15) is 0 Å². The molecule has 8 nitrogen and oxygen atoms in total. The summed E-state index contributed by atoms with van der Waals surface area (Å²) in [5.41, 5.74) is 11.3. The number of phenols is 1. The van der Waals surface area contributed by atoms with E-state index in [1.165, 1.54) is 63.3 Å². The molecule has 9 heteroatoms. The number of piperidine rings is 1. The number of likely N-dealkylation sites (tertiary alicyclic amines) is 1. The van der Waals surface area contributed by atoms with Crippen LogP contribution in [0.15, 0.2) is 102 Å². The molecule has 1 aliphatic carbocycles. The van der Waals surface area contributed by atoms with Gasteiger partial charge in [0, 0.05) is 66.3 Å². The topological polar surface area (TPSA) is 79.0 Å². The minimum absolute atomic E-state index is 0.0914. The van der Waals surface area contributed by atoms with E-state index in [1.54, 1.807) is 11.3 Å². The van der Waals surface area contributed by atoms with E-state index in [0.717, 1.165) is 85.2 Å². The van der Waals surface area contributed by atoms with Crippen LogP contribution >= 0.6 is 11.3 Å². The van der Waals surface area contributed by atoms with Gasteiger partial charge in [0.15, 0.2) is 5.82 Å². The van der Waals surface area contributed by atoms with Crippen molar-refractivity contribution in [1.29, 1.82) is 0 Å². The minimum Gasteiger partial charge on any atom is -0.508 e. The molecule has 3 aliphatic heterocycles. The highest BCUT2D eigenvalue weighted by molar-refractivity contribution is 7.15. The zero-order valence-corrected chi connectivity index (χ0v) is 35.5. The predicted octanol–water partition coefficient (Wildman–Crippen LogP) is 9.96. The third kappa shape index (κ3) is 7.27. The summed E-state index contributed by atoms with van der Waals surface area (Å²) in [5, 5.41) is 20.3. The average Bonchev–Trinajstić information content (AvgIpc) is 3.74. The lowest BCUT2D eigenvalue weighted by Gasteiger charge is -2.43. The summed E-state index contributed by atoms with van der Waals surface area (Å²) in [4.78, 5) is 11.7. The number of hydrogen-bond donors (Lipinski definition) is 1.